The Hall–Kier alpha value is -2.75. The van der Waals surface area contributed by atoms with Crippen LogP contribution in [-0.4, -0.2) is 16.6 Å². The summed E-state index contributed by atoms with van der Waals surface area (Å²) in [5.41, 5.74) is 4.31. The third kappa shape index (κ3) is 6.65. The van der Waals surface area contributed by atoms with Crippen molar-refractivity contribution in [3.05, 3.63) is 77.6 Å². The van der Waals surface area contributed by atoms with E-state index in [-0.39, 0.29) is 5.91 Å². The van der Waals surface area contributed by atoms with Crippen molar-refractivity contribution in [2.45, 2.75) is 58.4 Å². The van der Waals surface area contributed by atoms with Crippen LogP contribution in [-0.2, 0) is 17.8 Å². The maximum absolute atomic E-state index is 12.3. The molecule has 0 aliphatic heterocycles. The summed E-state index contributed by atoms with van der Waals surface area (Å²) in [5.74, 6) is 0.804. The Morgan fingerprint density at radius 1 is 1.17 bits per heavy atom. The summed E-state index contributed by atoms with van der Waals surface area (Å²) < 4.78 is 0. The number of nitrogens with one attached hydrogen (secondary N) is 2. The molecule has 0 spiro atoms. The number of nitrogens with zero attached hydrogens (tertiary/aromatic N) is 1. The molecule has 0 saturated heterocycles. The largest absolute Gasteiger partial charge is 0.347 e. The van der Waals surface area contributed by atoms with Crippen molar-refractivity contribution >= 4 is 11.6 Å². The fourth-order valence-corrected chi connectivity index (χ4v) is 4.37. The SMILES string of the molecule is CCCC(=N)C(Cc1ccccc1)C1CCC(=CC(=O)NCc2ccccn2)CC1. The van der Waals surface area contributed by atoms with Gasteiger partial charge in [-0.15, -0.1) is 0 Å². The summed E-state index contributed by atoms with van der Waals surface area (Å²) in [6, 6.07) is 16.3. The van der Waals surface area contributed by atoms with Gasteiger partial charge in [-0.2, -0.15) is 0 Å². The van der Waals surface area contributed by atoms with Crippen molar-refractivity contribution in [1.82, 2.24) is 10.3 Å². The summed E-state index contributed by atoms with van der Waals surface area (Å²) >= 11 is 0. The van der Waals surface area contributed by atoms with E-state index >= 15 is 0 Å². The van der Waals surface area contributed by atoms with Gasteiger partial charge in [0.1, 0.15) is 0 Å². The lowest BCUT2D eigenvalue weighted by Gasteiger charge is -2.32. The minimum absolute atomic E-state index is 0.0336. The summed E-state index contributed by atoms with van der Waals surface area (Å²) in [4.78, 5) is 16.5. The van der Waals surface area contributed by atoms with E-state index in [1.807, 2.05) is 24.3 Å². The first-order chi connectivity index (χ1) is 14.7. The molecule has 1 aliphatic carbocycles. The van der Waals surface area contributed by atoms with Crippen molar-refractivity contribution in [2.24, 2.45) is 11.8 Å². The molecule has 1 fully saturated rings. The van der Waals surface area contributed by atoms with Crippen molar-refractivity contribution in [2.75, 3.05) is 0 Å². The Morgan fingerprint density at radius 2 is 1.90 bits per heavy atom. The molecule has 1 unspecified atom stereocenters. The van der Waals surface area contributed by atoms with E-state index in [4.69, 9.17) is 5.41 Å². The first-order valence-corrected chi connectivity index (χ1v) is 11.1. The van der Waals surface area contributed by atoms with E-state index in [1.165, 1.54) is 11.1 Å². The number of hydrogen-bond donors (Lipinski definition) is 2. The molecule has 3 rings (SSSR count). The molecule has 0 bridgehead atoms. The molecule has 2 aromatic rings. The van der Waals surface area contributed by atoms with Crippen LogP contribution >= 0.6 is 0 Å². The monoisotopic (exact) mass is 403 g/mol. The molecule has 4 heteroatoms. The zero-order valence-corrected chi connectivity index (χ0v) is 17.9. The fourth-order valence-electron chi connectivity index (χ4n) is 4.37. The number of amides is 1. The molecule has 0 radical (unpaired) electrons. The molecule has 1 aromatic heterocycles. The molecular weight excluding hydrogens is 370 g/mol. The molecule has 158 valence electrons. The number of carbonyl (C=O) groups is 1. The second kappa shape index (κ2) is 11.4. The number of carbonyl (C=O) groups excluding carboxylic acids is 1. The molecule has 1 heterocycles. The van der Waals surface area contributed by atoms with Crippen LogP contribution in [0.4, 0.5) is 0 Å². The Balaban J connectivity index is 1.55. The van der Waals surface area contributed by atoms with Gasteiger partial charge in [-0.3, -0.25) is 9.78 Å². The first-order valence-electron chi connectivity index (χ1n) is 11.1. The van der Waals surface area contributed by atoms with E-state index < -0.39 is 0 Å². The predicted octanol–water partition coefficient (Wildman–Crippen LogP) is 5.49. The summed E-state index contributed by atoms with van der Waals surface area (Å²) in [6.45, 7) is 2.61. The van der Waals surface area contributed by atoms with Crippen molar-refractivity contribution in [3.63, 3.8) is 0 Å². The van der Waals surface area contributed by atoms with E-state index in [1.54, 1.807) is 12.3 Å². The molecule has 1 atom stereocenters. The Morgan fingerprint density at radius 3 is 2.57 bits per heavy atom. The summed E-state index contributed by atoms with van der Waals surface area (Å²) in [5, 5.41) is 11.6. The average Bonchev–Trinajstić information content (AvgIpc) is 2.78. The smallest absolute Gasteiger partial charge is 0.244 e. The Bertz CT molecular complexity index is 835. The van der Waals surface area contributed by atoms with Gasteiger partial charge in [0.05, 0.1) is 12.2 Å². The van der Waals surface area contributed by atoms with E-state index in [0.29, 0.717) is 18.4 Å². The van der Waals surface area contributed by atoms with Gasteiger partial charge in [0, 0.05) is 23.9 Å². The Kier molecular flexibility index (Phi) is 8.37. The molecular formula is C26H33N3O. The number of allylic oxidation sites excluding steroid dienone is 1. The molecule has 1 aliphatic rings. The van der Waals surface area contributed by atoms with Crippen LogP contribution in [0.25, 0.3) is 0 Å². The lowest BCUT2D eigenvalue weighted by atomic mass is 9.73. The molecule has 4 nitrogen and oxygen atoms in total. The number of aromatic nitrogens is 1. The van der Waals surface area contributed by atoms with Crippen molar-refractivity contribution < 1.29 is 4.79 Å². The fraction of sp³-hybridized carbons (Fsp3) is 0.423. The topological polar surface area (TPSA) is 65.8 Å². The second-order valence-electron chi connectivity index (χ2n) is 8.25. The third-order valence-corrected chi connectivity index (χ3v) is 6.01. The average molecular weight is 404 g/mol. The lowest BCUT2D eigenvalue weighted by Crippen LogP contribution is -2.28. The lowest BCUT2D eigenvalue weighted by molar-refractivity contribution is -0.116. The van der Waals surface area contributed by atoms with Gasteiger partial charge < -0.3 is 10.7 Å². The minimum atomic E-state index is -0.0336. The molecule has 1 amide bonds. The van der Waals surface area contributed by atoms with Crippen molar-refractivity contribution in [1.29, 1.82) is 5.41 Å². The van der Waals surface area contributed by atoms with E-state index in [2.05, 4.69) is 41.5 Å². The quantitative estimate of drug-likeness (QED) is 0.429. The zero-order chi connectivity index (χ0) is 21.2. The molecule has 1 aromatic carbocycles. The van der Waals surface area contributed by atoms with Gasteiger partial charge in [0.25, 0.3) is 0 Å². The van der Waals surface area contributed by atoms with E-state index in [9.17, 15) is 4.79 Å². The number of rotatable bonds is 9. The number of pyridine rings is 1. The summed E-state index contributed by atoms with van der Waals surface area (Å²) in [6.07, 6.45) is 10.4. The second-order valence-corrected chi connectivity index (χ2v) is 8.25. The summed E-state index contributed by atoms with van der Waals surface area (Å²) in [7, 11) is 0. The van der Waals surface area contributed by atoms with Crippen LogP contribution in [0.15, 0.2) is 66.4 Å². The van der Waals surface area contributed by atoms with Gasteiger partial charge >= 0.3 is 0 Å². The first kappa shape index (κ1) is 21.9. The van der Waals surface area contributed by atoms with Gasteiger partial charge in [-0.1, -0.05) is 55.3 Å². The Labute approximate surface area is 180 Å². The highest BCUT2D eigenvalue weighted by Gasteiger charge is 2.28. The minimum Gasteiger partial charge on any atom is -0.347 e. The van der Waals surface area contributed by atoms with Gasteiger partial charge in [-0.25, -0.2) is 0 Å². The van der Waals surface area contributed by atoms with Gasteiger partial charge in [0.2, 0.25) is 5.91 Å². The van der Waals surface area contributed by atoms with Gasteiger partial charge in [0.15, 0.2) is 0 Å². The number of hydrogen-bond acceptors (Lipinski definition) is 3. The highest BCUT2D eigenvalue weighted by Crippen LogP contribution is 2.36. The predicted molar refractivity (Wildman–Crippen MR) is 122 cm³/mol. The molecule has 1 saturated carbocycles. The standard InChI is InChI=1S/C26H33N3O/c1-2-8-25(27)24(17-20-9-4-3-5-10-20)22-14-12-21(13-15-22)18-26(30)29-19-23-11-6-7-16-28-23/h3-7,9-11,16,18,22,24,27H,2,8,12-15,17,19H2,1H3,(H,29,30). The van der Waals surface area contributed by atoms with Crippen LogP contribution < -0.4 is 5.32 Å². The van der Waals surface area contributed by atoms with Crippen LogP contribution in [0, 0.1) is 17.2 Å². The maximum Gasteiger partial charge on any atom is 0.244 e. The zero-order valence-electron chi connectivity index (χ0n) is 17.9. The maximum atomic E-state index is 12.3. The highest BCUT2D eigenvalue weighted by atomic mass is 16.1. The van der Waals surface area contributed by atoms with Gasteiger partial charge in [-0.05, 0) is 62.1 Å². The molecule has 2 N–H and O–H groups in total. The number of benzene rings is 1. The van der Waals surface area contributed by atoms with E-state index in [0.717, 1.165) is 56.4 Å². The molecule has 30 heavy (non-hydrogen) atoms. The van der Waals surface area contributed by atoms with Crippen LogP contribution in [0.5, 0.6) is 0 Å². The van der Waals surface area contributed by atoms with Crippen LogP contribution in [0.1, 0.15) is 56.7 Å². The van der Waals surface area contributed by atoms with Crippen LogP contribution in [0.3, 0.4) is 0 Å². The van der Waals surface area contributed by atoms with Crippen molar-refractivity contribution in [3.8, 4) is 0 Å². The van der Waals surface area contributed by atoms with Crippen LogP contribution in [0.2, 0.25) is 0 Å². The third-order valence-electron chi connectivity index (χ3n) is 6.01. The normalized spacial score (nSPS) is 17.2. The highest BCUT2D eigenvalue weighted by molar-refractivity contribution is 5.88.